The van der Waals surface area contributed by atoms with E-state index in [0.717, 1.165) is 21.6 Å². The lowest BCUT2D eigenvalue weighted by molar-refractivity contribution is 0.668. The Hall–Kier alpha value is -2.00. The molecule has 4 heteroatoms. The van der Waals surface area contributed by atoms with Gasteiger partial charge in [-0.15, -0.1) is 0 Å². The van der Waals surface area contributed by atoms with E-state index in [1.807, 2.05) is 28.8 Å². The number of imidazole rings is 1. The number of fused-ring (bicyclic) bond motifs is 1. The molecule has 1 unspecified atom stereocenters. The van der Waals surface area contributed by atoms with Crippen molar-refractivity contribution < 1.29 is 0 Å². The summed E-state index contributed by atoms with van der Waals surface area (Å²) in [4.78, 5) is 4.45. The van der Waals surface area contributed by atoms with Crippen LogP contribution in [0.3, 0.4) is 0 Å². The van der Waals surface area contributed by atoms with Gasteiger partial charge in [-0.1, -0.05) is 29.8 Å². The van der Waals surface area contributed by atoms with Crippen molar-refractivity contribution in [3.63, 3.8) is 0 Å². The lowest BCUT2D eigenvalue weighted by Crippen LogP contribution is -2.10. The Labute approximate surface area is 123 Å². The van der Waals surface area contributed by atoms with Crippen LogP contribution in [0.4, 0.5) is 5.95 Å². The van der Waals surface area contributed by atoms with Gasteiger partial charge in [-0.25, -0.2) is 4.98 Å². The van der Waals surface area contributed by atoms with Crippen molar-refractivity contribution >= 4 is 28.6 Å². The average Bonchev–Trinajstić information content (AvgIpc) is 2.73. The van der Waals surface area contributed by atoms with Crippen LogP contribution in [0.5, 0.6) is 0 Å². The van der Waals surface area contributed by atoms with Gasteiger partial charge < -0.3 is 10.3 Å². The molecule has 3 nitrogen and oxygen atoms in total. The molecular weight excluding hydrogens is 270 g/mol. The van der Waals surface area contributed by atoms with Crippen LogP contribution in [-0.4, -0.2) is 9.55 Å². The molecule has 3 rings (SSSR count). The minimum atomic E-state index is 0.0846. The molecule has 1 atom stereocenters. The highest BCUT2D eigenvalue weighted by Gasteiger charge is 2.15. The minimum absolute atomic E-state index is 0.0846. The molecule has 0 aliphatic carbocycles. The van der Waals surface area contributed by atoms with E-state index in [9.17, 15) is 0 Å². The number of rotatable bonds is 2. The van der Waals surface area contributed by atoms with Crippen molar-refractivity contribution in [1.29, 1.82) is 0 Å². The summed E-state index contributed by atoms with van der Waals surface area (Å²) >= 11 is 6.07. The van der Waals surface area contributed by atoms with E-state index in [2.05, 4.69) is 37.0 Å². The van der Waals surface area contributed by atoms with Crippen LogP contribution >= 0.6 is 11.6 Å². The maximum Gasteiger partial charge on any atom is 0.201 e. The third kappa shape index (κ3) is 2.14. The Balaban J connectivity index is 2.16. The van der Waals surface area contributed by atoms with Crippen molar-refractivity contribution in [2.45, 2.75) is 19.9 Å². The first-order valence-corrected chi connectivity index (χ1v) is 6.93. The van der Waals surface area contributed by atoms with E-state index in [1.54, 1.807) is 0 Å². The highest BCUT2D eigenvalue weighted by Crippen LogP contribution is 2.28. The molecule has 0 radical (unpaired) electrons. The second-order valence-corrected chi connectivity index (χ2v) is 5.50. The van der Waals surface area contributed by atoms with E-state index in [-0.39, 0.29) is 6.04 Å². The summed E-state index contributed by atoms with van der Waals surface area (Å²) in [6.45, 7) is 4.15. The molecule has 1 heterocycles. The first-order chi connectivity index (χ1) is 9.56. The van der Waals surface area contributed by atoms with Crippen LogP contribution in [0.1, 0.15) is 24.1 Å². The Morgan fingerprint density at radius 3 is 2.75 bits per heavy atom. The minimum Gasteiger partial charge on any atom is -0.369 e. The van der Waals surface area contributed by atoms with Crippen molar-refractivity contribution in [2.24, 2.45) is 0 Å². The van der Waals surface area contributed by atoms with Crippen LogP contribution in [0.2, 0.25) is 5.02 Å². The number of nitrogen functional groups attached to an aromatic ring is 1. The number of anilines is 1. The highest BCUT2D eigenvalue weighted by atomic mass is 35.5. The summed E-state index contributed by atoms with van der Waals surface area (Å²) in [7, 11) is 0. The molecule has 1 aromatic heterocycles. The first kappa shape index (κ1) is 13.0. The summed E-state index contributed by atoms with van der Waals surface area (Å²) in [5.41, 5.74) is 10.4. The van der Waals surface area contributed by atoms with Gasteiger partial charge in [0.15, 0.2) is 0 Å². The van der Waals surface area contributed by atoms with Gasteiger partial charge in [0.2, 0.25) is 5.95 Å². The molecule has 20 heavy (non-hydrogen) atoms. The molecule has 2 N–H and O–H groups in total. The van der Waals surface area contributed by atoms with E-state index in [4.69, 9.17) is 17.3 Å². The second-order valence-electron chi connectivity index (χ2n) is 5.06. The molecule has 0 amide bonds. The van der Waals surface area contributed by atoms with Gasteiger partial charge in [-0.3, -0.25) is 0 Å². The largest absolute Gasteiger partial charge is 0.369 e. The Kier molecular flexibility index (Phi) is 3.14. The quantitative estimate of drug-likeness (QED) is 0.767. The van der Waals surface area contributed by atoms with E-state index < -0.39 is 0 Å². The van der Waals surface area contributed by atoms with Crippen molar-refractivity contribution in [1.82, 2.24) is 9.55 Å². The highest BCUT2D eigenvalue weighted by molar-refractivity contribution is 6.30. The van der Waals surface area contributed by atoms with Crippen molar-refractivity contribution in [2.75, 3.05) is 5.73 Å². The van der Waals surface area contributed by atoms with Crippen molar-refractivity contribution in [3.05, 3.63) is 58.6 Å². The smallest absolute Gasteiger partial charge is 0.201 e. The number of benzene rings is 2. The maximum atomic E-state index is 6.10. The fraction of sp³-hybridized carbons (Fsp3) is 0.188. The fourth-order valence-corrected chi connectivity index (χ4v) is 2.75. The summed E-state index contributed by atoms with van der Waals surface area (Å²) in [6.07, 6.45) is 0. The number of halogens is 1. The Bertz CT molecular complexity index is 776. The molecule has 0 aliphatic heterocycles. The van der Waals surface area contributed by atoms with E-state index in [1.165, 1.54) is 5.56 Å². The third-order valence-electron chi connectivity index (χ3n) is 3.59. The van der Waals surface area contributed by atoms with Gasteiger partial charge in [0.05, 0.1) is 17.1 Å². The zero-order valence-electron chi connectivity index (χ0n) is 11.5. The lowest BCUT2D eigenvalue weighted by Gasteiger charge is -2.16. The number of aromatic nitrogens is 2. The molecule has 2 aromatic carbocycles. The summed E-state index contributed by atoms with van der Waals surface area (Å²) in [6, 6.07) is 14.1. The number of nitrogens with zero attached hydrogens (tertiary/aromatic N) is 2. The zero-order chi connectivity index (χ0) is 14.3. The molecule has 0 aliphatic rings. The van der Waals surface area contributed by atoms with Gasteiger partial charge in [0.1, 0.15) is 0 Å². The number of hydrogen-bond donors (Lipinski definition) is 1. The SMILES string of the molecule is Cc1ccc2c(c1)nc(N)n2C(C)c1cccc(Cl)c1. The Morgan fingerprint density at radius 1 is 1.20 bits per heavy atom. The van der Waals surface area contributed by atoms with Crippen LogP contribution in [0.15, 0.2) is 42.5 Å². The molecular formula is C16H16ClN3. The standard InChI is InChI=1S/C16H16ClN3/c1-10-6-7-15-14(8-10)19-16(18)20(15)11(2)12-4-3-5-13(17)9-12/h3-9,11H,1-2H3,(H2,18,19). The van der Waals surface area contributed by atoms with Crippen LogP contribution < -0.4 is 5.73 Å². The molecule has 102 valence electrons. The second kappa shape index (κ2) is 4.84. The number of nitrogens with two attached hydrogens (primary N) is 1. The van der Waals surface area contributed by atoms with Crippen LogP contribution in [0.25, 0.3) is 11.0 Å². The normalized spacial score (nSPS) is 12.8. The molecule has 0 saturated carbocycles. The first-order valence-electron chi connectivity index (χ1n) is 6.56. The van der Waals surface area contributed by atoms with Gasteiger partial charge in [0, 0.05) is 5.02 Å². The van der Waals surface area contributed by atoms with E-state index in [0.29, 0.717) is 5.95 Å². The monoisotopic (exact) mass is 285 g/mol. The Morgan fingerprint density at radius 2 is 2.00 bits per heavy atom. The molecule has 3 aromatic rings. The summed E-state index contributed by atoms with van der Waals surface area (Å²) in [5.74, 6) is 0.526. The summed E-state index contributed by atoms with van der Waals surface area (Å²) < 4.78 is 2.04. The van der Waals surface area contributed by atoms with Gasteiger partial charge in [0.25, 0.3) is 0 Å². The number of hydrogen-bond acceptors (Lipinski definition) is 2. The average molecular weight is 286 g/mol. The van der Waals surface area contributed by atoms with Gasteiger partial charge in [-0.2, -0.15) is 0 Å². The predicted molar refractivity (Wildman–Crippen MR) is 84.1 cm³/mol. The van der Waals surface area contributed by atoms with Crippen LogP contribution in [0, 0.1) is 6.92 Å². The van der Waals surface area contributed by atoms with Gasteiger partial charge >= 0.3 is 0 Å². The molecule has 0 spiro atoms. The fourth-order valence-electron chi connectivity index (χ4n) is 2.55. The van der Waals surface area contributed by atoms with Gasteiger partial charge in [-0.05, 0) is 49.2 Å². The molecule has 0 saturated heterocycles. The molecule has 0 fully saturated rings. The topological polar surface area (TPSA) is 43.8 Å². The van der Waals surface area contributed by atoms with Crippen LogP contribution in [-0.2, 0) is 0 Å². The van der Waals surface area contributed by atoms with Crippen molar-refractivity contribution in [3.8, 4) is 0 Å². The molecule has 0 bridgehead atoms. The number of aryl methyl sites for hydroxylation is 1. The van der Waals surface area contributed by atoms with E-state index >= 15 is 0 Å². The maximum absolute atomic E-state index is 6.10. The summed E-state index contributed by atoms with van der Waals surface area (Å²) in [5, 5.41) is 0.730. The predicted octanol–water partition coefficient (Wildman–Crippen LogP) is 4.19. The third-order valence-corrected chi connectivity index (χ3v) is 3.83. The lowest BCUT2D eigenvalue weighted by atomic mass is 10.1. The zero-order valence-corrected chi connectivity index (χ0v) is 12.2.